The summed E-state index contributed by atoms with van der Waals surface area (Å²) in [6, 6.07) is 5.20. The molecule has 0 aliphatic rings. The van der Waals surface area contributed by atoms with Gasteiger partial charge < -0.3 is 10.1 Å². The van der Waals surface area contributed by atoms with E-state index in [2.05, 4.69) is 31.3 Å². The fourth-order valence-corrected chi connectivity index (χ4v) is 1.99. The maximum Gasteiger partial charge on any atom is 0.327 e. The zero-order valence-corrected chi connectivity index (χ0v) is 13.1. The smallest absolute Gasteiger partial charge is 0.327 e. The highest BCUT2D eigenvalue weighted by atomic mass is 79.9. The zero-order chi connectivity index (χ0) is 15.0. The van der Waals surface area contributed by atoms with Gasteiger partial charge in [0, 0.05) is 15.9 Å². The molecule has 0 aliphatic heterocycles. The molecule has 0 saturated heterocycles. The Morgan fingerprint density at radius 1 is 1.60 bits per heavy atom. The molecule has 0 saturated carbocycles. The minimum absolute atomic E-state index is 0.337. The molecule has 20 heavy (non-hydrogen) atoms. The first-order chi connectivity index (χ1) is 9.60. The maximum atomic E-state index is 11.9. The Balaban J connectivity index is 2.75. The maximum absolute atomic E-state index is 11.9. The van der Waals surface area contributed by atoms with E-state index in [1.54, 1.807) is 0 Å². The molecule has 1 N–H and O–H groups in total. The summed E-state index contributed by atoms with van der Waals surface area (Å²) in [5, 5.41) is 6.57. The molecule has 1 atom stereocenters. The van der Waals surface area contributed by atoms with Gasteiger partial charge in [0.25, 0.3) is 0 Å². The Bertz CT molecular complexity index is 515. The number of hydrogen-bond donors (Lipinski definition) is 1. The Morgan fingerprint density at radius 2 is 2.35 bits per heavy atom. The van der Waals surface area contributed by atoms with E-state index in [-0.39, 0.29) is 5.97 Å². The molecule has 1 unspecified atom stereocenters. The Kier molecular flexibility index (Phi) is 7.08. The van der Waals surface area contributed by atoms with Crippen molar-refractivity contribution in [3.8, 4) is 0 Å². The molecule has 0 heterocycles. The summed E-state index contributed by atoms with van der Waals surface area (Å²) in [6.07, 6.45) is 0.660. The highest BCUT2D eigenvalue weighted by Gasteiger charge is 2.20. The fourth-order valence-electron chi connectivity index (χ4n) is 1.74. The van der Waals surface area contributed by atoms with Gasteiger partial charge in [-0.15, -0.1) is 0 Å². The van der Waals surface area contributed by atoms with Gasteiger partial charge in [-0.1, -0.05) is 33.2 Å². The van der Waals surface area contributed by atoms with E-state index in [0.29, 0.717) is 19.5 Å². The predicted molar refractivity (Wildman–Crippen MR) is 80.3 cm³/mol. The lowest BCUT2D eigenvalue weighted by Crippen LogP contribution is -2.30. The van der Waals surface area contributed by atoms with Crippen LogP contribution in [0.15, 0.2) is 27.8 Å². The molecular formula is C13H17BrN4O2. The molecule has 0 aliphatic carbocycles. The van der Waals surface area contributed by atoms with Gasteiger partial charge in [-0.3, -0.25) is 0 Å². The number of nitrogens with zero attached hydrogens (tertiary/aromatic N) is 3. The van der Waals surface area contributed by atoms with Crippen molar-refractivity contribution in [3.05, 3.63) is 44.2 Å². The molecule has 0 fully saturated rings. The van der Waals surface area contributed by atoms with Crippen LogP contribution in [0.3, 0.4) is 0 Å². The topological polar surface area (TPSA) is 87.1 Å². The second-order valence-electron chi connectivity index (χ2n) is 4.23. The van der Waals surface area contributed by atoms with Crippen LogP contribution in [0.4, 0.5) is 0 Å². The van der Waals surface area contributed by atoms with Crippen LogP contribution in [0.1, 0.15) is 23.6 Å². The monoisotopic (exact) mass is 340 g/mol. The lowest BCUT2D eigenvalue weighted by molar-refractivity contribution is -0.143. The van der Waals surface area contributed by atoms with Crippen LogP contribution < -0.4 is 5.32 Å². The van der Waals surface area contributed by atoms with Crippen molar-refractivity contribution in [2.24, 2.45) is 5.11 Å². The fraction of sp³-hybridized carbons (Fsp3) is 0.462. The van der Waals surface area contributed by atoms with Crippen LogP contribution >= 0.6 is 15.9 Å². The number of hydrogen-bond acceptors (Lipinski definition) is 4. The highest BCUT2D eigenvalue weighted by Crippen LogP contribution is 2.22. The summed E-state index contributed by atoms with van der Waals surface area (Å²) in [5.74, 6) is -0.337. The van der Waals surface area contributed by atoms with Crippen molar-refractivity contribution >= 4 is 21.9 Å². The minimum atomic E-state index is -0.516. The Hall–Kier alpha value is -1.56. The standard InChI is InChI=1S/C13H17BrN4O2/c1-9-8-10(4-5-11(9)14)12(13(19)20-2)16-6-3-7-17-18-15/h4-5,8,12,16H,3,6-7H2,1-2H3. The molecule has 0 spiro atoms. The summed E-state index contributed by atoms with van der Waals surface area (Å²) >= 11 is 3.43. The van der Waals surface area contributed by atoms with Crippen molar-refractivity contribution in [2.75, 3.05) is 20.2 Å². The number of carbonyl (C=O) groups is 1. The average Bonchev–Trinajstić information content (AvgIpc) is 2.45. The molecule has 6 nitrogen and oxygen atoms in total. The van der Waals surface area contributed by atoms with Crippen molar-refractivity contribution < 1.29 is 9.53 Å². The number of carbonyl (C=O) groups excluding carboxylic acids is 1. The van der Waals surface area contributed by atoms with Crippen molar-refractivity contribution in [1.82, 2.24) is 5.32 Å². The summed E-state index contributed by atoms with van der Waals surface area (Å²) in [7, 11) is 1.36. The molecule has 0 amide bonds. The van der Waals surface area contributed by atoms with Crippen LogP contribution in [0, 0.1) is 6.92 Å². The van der Waals surface area contributed by atoms with Gasteiger partial charge in [0.15, 0.2) is 0 Å². The van der Waals surface area contributed by atoms with Crippen molar-refractivity contribution in [1.29, 1.82) is 0 Å². The number of ether oxygens (including phenoxy) is 1. The predicted octanol–water partition coefficient (Wildman–Crippen LogP) is 3.26. The lowest BCUT2D eigenvalue weighted by atomic mass is 10.0. The lowest BCUT2D eigenvalue weighted by Gasteiger charge is -2.17. The molecular weight excluding hydrogens is 324 g/mol. The van der Waals surface area contributed by atoms with Gasteiger partial charge in [-0.2, -0.15) is 0 Å². The number of aryl methyl sites for hydroxylation is 1. The van der Waals surface area contributed by atoms with Crippen LogP contribution in [-0.2, 0) is 9.53 Å². The van der Waals surface area contributed by atoms with Crippen molar-refractivity contribution in [3.63, 3.8) is 0 Å². The average molecular weight is 341 g/mol. The number of esters is 1. The Morgan fingerprint density at radius 3 is 2.95 bits per heavy atom. The van der Waals surface area contributed by atoms with E-state index in [1.165, 1.54) is 7.11 Å². The van der Waals surface area contributed by atoms with Gasteiger partial charge in [0.2, 0.25) is 0 Å². The van der Waals surface area contributed by atoms with Crippen LogP contribution in [-0.4, -0.2) is 26.2 Å². The molecule has 1 aromatic carbocycles. The first kappa shape index (κ1) is 16.5. The molecule has 7 heteroatoms. The largest absolute Gasteiger partial charge is 0.468 e. The normalized spacial score (nSPS) is 11.6. The number of benzene rings is 1. The molecule has 0 aromatic heterocycles. The van der Waals surface area contributed by atoms with E-state index < -0.39 is 6.04 Å². The summed E-state index contributed by atoms with van der Waals surface area (Å²) in [5.41, 5.74) is 10.1. The van der Waals surface area contributed by atoms with Gasteiger partial charge in [-0.05, 0) is 42.6 Å². The molecule has 0 bridgehead atoms. The van der Waals surface area contributed by atoms with Crippen LogP contribution in [0.25, 0.3) is 10.4 Å². The second kappa shape index (κ2) is 8.58. The van der Waals surface area contributed by atoms with E-state index in [1.807, 2.05) is 25.1 Å². The van der Waals surface area contributed by atoms with E-state index >= 15 is 0 Å². The van der Waals surface area contributed by atoms with Crippen LogP contribution in [0.5, 0.6) is 0 Å². The molecule has 0 radical (unpaired) electrons. The molecule has 1 rings (SSSR count). The first-order valence-electron chi connectivity index (χ1n) is 6.18. The van der Waals surface area contributed by atoms with Crippen molar-refractivity contribution in [2.45, 2.75) is 19.4 Å². The first-order valence-corrected chi connectivity index (χ1v) is 6.97. The third kappa shape index (κ3) is 4.85. The summed E-state index contributed by atoms with van der Waals surface area (Å²) in [4.78, 5) is 14.5. The van der Waals surface area contributed by atoms with E-state index in [9.17, 15) is 4.79 Å². The molecule has 108 valence electrons. The van der Waals surface area contributed by atoms with Crippen LogP contribution in [0.2, 0.25) is 0 Å². The Labute approximate surface area is 126 Å². The van der Waals surface area contributed by atoms with Gasteiger partial charge in [0.05, 0.1) is 7.11 Å². The number of methoxy groups -OCH3 is 1. The number of nitrogens with one attached hydrogen (secondary N) is 1. The second-order valence-corrected chi connectivity index (χ2v) is 5.08. The number of azide groups is 1. The van der Waals surface area contributed by atoms with Gasteiger partial charge in [-0.25, -0.2) is 4.79 Å². The number of rotatable bonds is 7. The van der Waals surface area contributed by atoms with Gasteiger partial charge in [0.1, 0.15) is 6.04 Å². The molecule has 1 aromatic rings. The summed E-state index contributed by atoms with van der Waals surface area (Å²) in [6.45, 7) is 2.92. The summed E-state index contributed by atoms with van der Waals surface area (Å²) < 4.78 is 5.81. The zero-order valence-electron chi connectivity index (χ0n) is 11.5. The van der Waals surface area contributed by atoms with E-state index in [0.717, 1.165) is 15.6 Å². The minimum Gasteiger partial charge on any atom is -0.468 e. The quantitative estimate of drug-likeness (QED) is 0.271. The van der Waals surface area contributed by atoms with Gasteiger partial charge >= 0.3 is 5.97 Å². The number of halogens is 1. The SMILES string of the molecule is COC(=O)C(NCCCN=[N+]=[N-])c1ccc(Br)c(C)c1. The third-order valence-electron chi connectivity index (χ3n) is 2.80. The van der Waals surface area contributed by atoms with E-state index in [4.69, 9.17) is 10.3 Å². The third-order valence-corrected chi connectivity index (χ3v) is 3.69. The highest BCUT2D eigenvalue weighted by molar-refractivity contribution is 9.10.